The van der Waals surface area contributed by atoms with Crippen LogP contribution in [0.3, 0.4) is 0 Å². The van der Waals surface area contributed by atoms with Crippen molar-refractivity contribution in [2.45, 2.75) is 30.5 Å². The van der Waals surface area contributed by atoms with E-state index in [1.165, 1.54) is 29.4 Å². The van der Waals surface area contributed by atoms with Crippen molar-refractivity contribution in [2.24, 2.45) is 0 Å². The van der Waals surface area contributed by atoms with Gasteiger partial charge in [-0.1, -0.05) is 42.1 Å². The van der Waals surface area contributed by atoms with Crippen LogP contribution in [0.5, 0.6) is 0 Å². The largest absolute Gasteiger partial charge is 0.466 e. The molecule has 0 radical (unpaired) electrons. The molecule has 0 bridgehead atoms. The number of carbonyl (C=O) groups excluding carboxylic acids is 2. The number of carbonyl (C=O) groups is 2. The number of hydrogen-bond donors (Lipinski definition) is 1. The third-order valence-corrected chi connectivity index (χ3v) is 5.63. The Labute approximate surface area is 177 Å². The Balaban J connectivity index is 1.59. The molecule has 3 rings (SSSR count). The maximum Gasteiger partial charge on any atom is 0.311 e. The van der Waals surface area contributed by atoms with Gasteiger partial charge in [-0.3, -0.25) is 9.59 Å². The van der Waals surface area contributed by atoms with Gasteiger partial charge in [0, 0.05) is 10.9 Å². The van der Waals surface area contributed by atoms with E-state index in [0.717, 1.165) is 11.3 Å². The highest BCUT2D eigenvalue weighted by molar-refractivity contribution is 8.00. The molecule has 150 valence electrons. The highest BCUT2D eigenvalue weighted by Crippen LogP contribution is 2.26. The second kappa shape index (κ2) is 10.1. The van der Waals surface area contributed by atoms with Crippen molar-refractivity contribution in [2.75, 3.05) is 11.9 Å². The van der Waals surface area contributed by atoms with Gasteiger partial charge < -0.3 is 10.1 Å². The molecule has 0 saturated carbocycles. The molecule has 0 aliphatic carbocycles. The fourth-order valence-electron chi connectivity index (χ4n) is 2.42. The van der Waals surface area contributed by atoms with Gasteiger partial charge in [-0.25, -0.2) is 15.0 Å². The number of amides is 1. The van der Waals surface area contributed by atoms with Crippen LogP contribution in [0.15, 0.2) is 53.1 Å². The number of nitrogens with zero attached hydrogens (tertiary/aromatic N) is 3. The summed E-state index contributed by atoms with van der Waals surface area (Å²) in [5.74, 6) is -0.524. The fourth-order valence-corrected chi connectivity index (χ4v) is 3.95. The molecule has 0 saturated heterocycles. The van der Waals surface area contributed by atoms with E-state index in [1.807, 2.05) is 36.4 Å². The lowest BCUT2D eigenvalue weighted by atomic mass is 10.1. The molecular weight excluding hydrogens is 408 g/mol. The SMILES string of the molecule is CCOC(=O)Cc1csc(NC(=O)C(C)Sc2cc(-c3ccccc3)ncn2)n1. The summed E-state index contributed by atoms with van der Waals surface area (Å²) in [6, 6.07) is 11.7. The summed E-state index contributed by atoms with van der Waals surface area (Å²) < 4.78 is 4.91. The Morgan fingerprint density at radius 1 is 1.24 bits per heavy atom. The average molecular weight is 429 g/mol. The highest BCUT2D eigenvalue weighted by atomic mass is 32.2. The number of benzene rings is 1. The first-order valence-electron chi connectivity index (χ1n) is 9.00. The smallest absolute Gasteiger partial charge is 0.311 e. The molecule has 7 nitrogen and oxygen atoms in total. The van der Waals surface area contributed by atoms with Gasteiger partial charge in [0.05, 0.1) is 29.7 Å². The molecule has 0 aliphatic heterocycles. The summed E-state index contributed by atoms with van der Waals surface area (Å²) in [5.41, 5.74) is 2.37. The van der Waals surface area contributed by atoms with Crippen molar-refractivity contribution in [1.82, 2.24) is 15.0 Å². The van der Waals surface area contributed by atoms with E-state index in [-0.39, 0.29) is 23.5 Å². The van der Waals surface area contributed by atoms with E-state index in [0.29, 0.717) is 22.5 Å². The zero-order valence-electron chi connectivity index (χ0n) is 16.0. The first kappa shape index (κ1) is 20.9. The lowest BCUT2D eigenvalue weighted by Crippen LogP contribution is -2.22. The van der Waals surface area contributed by atoms with Crippen LogP contribution >= 0.6 is 23.1 Å². The van der Waals surface area contributed by atoms with Crippen LogP contribution in [0.25, 0.3) is 11.3 Å². The number of nitrogens with one attached hydrogen (secondary N) is 1. The lowest BCUT2D eigenvalue weighted by Gasteiger charge is -2.10. The Hall–Kier alpha value is -2.78. The molecule has 1 aromatic carbocycles. The van der Waals surface area contributed by atoms with Crippen molar-refractivity contribution >= 4 is 40.1 Å². The molecule has 1 amide bonds. The quantitative estimate of drug-likeness (QED) is 0.331. The molecule has 0 aliphatic rings. The van der Waals surface area contributed by atoms with Crippen LogP contribution < -0.4 is 5.32 Å². The molecule has 3 aromatic rings. The molecule has 0 spiro atoms. The number of anilines is 1. The van der Waals surface area contributed by atoms with E-state index in [1.54, 1.807) is 19.2 Å². The zero-order chi connectivity index (χ0) is 20.6. The normalized spacial score (nSPS) is 11.7. The maximum atomic E-state index is 12.5. The molecule has 9 heteroatoms. The van der Waals surface area contributed by atoms with Gasteiger partial charge in [0.15, 0.2) is 5.13 Å². The standard InChI is InChI=1S/C20H20N4O3S2/c1-3-27-18(25)9-15-11-28-20(23-15)24-19(26)13(2)29-17-10-16(21-12-22-17)14-7-5-4-6-8-14/h4-8,10-13H,3,9H2,1-2H3,(H,23,24,26). The predicted molar refractivity (Wildman–Crippen MR) is 114 cm³/mol. The minimum Gasteiger partial charge on any atom is -0.466 e. The Morgan fingerprint density at radius 3 is 2.79 bits per heavy atom. The number of thiazole rings is 1. The third-order valence-electron chi connectivity index (χ3n) is 3.79. The van der Waals surface area contributed by atoms with Crippen LogP contribution in [0.4, 0.5) is 5.13 Å². The van der Waals surface area contributed by atoms with E-state index in [4.69, 9.17) is 4.74 Å². The third kappa shape index (κ3) is 6.10. The lowest BCUT2D eigenvalue weighted by molar-refractivity contribution is -0.142. The molecular formula is C20H20N4O3S2. The number of hydrogen-bond acceptors (Lipinski definition) is 8. The number of ether oxygens (including phenoxy) is 1. The molecule has 2 aromatic heterocycles. The first-order chi connectivity index (χ1) is 14.0. The van der Waals surface area contributed by atoms with Crippen molar-refractivity contribution < 1.29 is 14.3 Å². The van der Waals surface area contributed by atoms with Gasteiger partial charge >= 0.3 is 5.97 Å². The van der Waals surface area contributed by atoms with Crippen LogP contribution in [0.1, 0.15) is 19.5 Å². The number of aromatic nitrogens is 3. The van der Waals surface area contributed by atoms with Gasteiger partial charge in [0.25, 0.3) is 0 Å². The van der Waals surface area contributed by atoms with Gasteiger partial charge in [-0.05, 0) is 19.9 Å². The van der Waals surface area contributed by atoms with Gasteiger partial charge in [-0.2, -0.15) is 0 Å². The van der Waals surface area contributed by atoms with Crippen LogP contribution in [0, 0.1) is 0 Å². The summed E-state index contributed by atoms with van der Waals surface area (Å²) in [5, 5.41) is 5.30. The second-order valence-electron chi connectivity index (χ2n) is 5.98. The summed E-state index contributed by atoms with van der Waals surface area (Å²) >= 11 is 2.62. The Kier molecular flexibility index (Phi) is 7.31. The van der Waals surface area contributed by atoms with E-state index in [9.17, 15) is 9.59 Å². The number of thioether (sulfide) groups is 1. The topological polar surface area (TPSA) is 94.1 Å². The predicted octanol–water partition coefficient (Wildman–Crippen LogP) is 3.83. The minimum atomic E-state index is -0.383. The fraction of sp³-hybridized carbons (Fsp3) is 0.250. The van der Waals surface area contributed by atoms with Crippen LogP contribution in [-0.4, -0.2) is 38.7 Å². The van der Waals surface area contributed by atoms with E-state index in [2.05, 4.69) is 20.3 Å². The van der Waals surface area contributed by atoms with E-state index >= 15 is 0 Å². The maximum absolute atomic E-state index is 12.5. The van der Waals surface area contributed by atoms with Crippen molar-refractivity contribution in [3.63, 3.8) is 0 Å². The van der Waals surface area contributed by atoms with Gasteiger partial charge in [-0.15, -0.1) is 11.3 Å². The zero-order valence-corrected chi connectivity index (χ0v) is 17.6. The second-order valence-corrected chi connectivity index (χ2v) is 8.20. The number of rotatable bonds is 8. The molecule has 1 N–H and O–H groups in total. The summed E-state index contributed by atoms with van der Waals surface area (Å²) in [6.45, 7) is 3.89. The van der Waals surface area contributed by atoms with Crippen molar-refractivity contribution in [3.05, 3.63) is 53.8 Å². The summed E-state index contributed by atoms with van der Waals surface area (Å²) in [4.78, 5) is 36.9. The molecule has 0 fully saturated rings. The Bertz CT molecular complexity index is 979. The van der Waals surface area contributed by atoms with E-state index < -0.39 is 0 Å². The van der Waals surface area contributed by atoms with Crippen LogP contribution in [0.2, 0.25) is 0 Å². The molecule has 2 heterocycles. The summed E-state index contributed by atoms with van der Waals surface area (Å²) in [7, 11) is 0. The summed E-state index contributed by atoms with van der Waals surface area (Å²) in [6.07, 6.45) is 1.59. The highest BCUT2D eigenvalue weighted by Gasteiger charge is 2.18. The number of esters is 1. The molecule has 29 heavy (non-hydrogen) atoms. The molecule has 1 unspecified atom stereocenters. The van der Waals surface area contributed by atoms with Crippen molar-refractivity contribution in [3.8, 4) is 11.3 Å². The van der Waals surface area contributed by atoms with Gasteiger partial charge in [0.2, 0.25) is 5.91 Å². The average Bonchev–Trinajstić information content (AvgIpc) is 3.15. The van der Waals surface area contributed by atoms with Crippen LogP contribution in [-0.2, 0) is 20.7 Å². The minimum absolute atomic E-state index is 0.0910. The molecule has 1 atom stereocenters. The first-order valence-corrected chi connectivity index (χ1v) is 10.8. The van der Waals surface area contributed by atoms with Gasteiger partial charge in [0.1, 0.15) is 11.4 Å². The van der Waals surface area contributed by atoms with Crippen molar-refractivity contribution in [1.29, 1.82) is 0 Å². The monoisotopic (exact) mass is 428 g/mol. The Morgan fingerprint density at radius 2 is 2.03 bits per heavy atom.